The number of piperazine rings is 1. The predicted molar refractivity (Wildman–Crippen MR) is 78.6 cm³/mol. The summed E-state index contributed by atoms with van der Waals surface area (Å²) in [6.45, 7) is 6.66. The Morgan fingerprint density at radius 2 is 1.90 bits per heavy atom. The molecule has 0 aliphatic carbocycles. The maximum atomic E-state index is 12.4. The molecule has 1 unspecified atom stereocenters. The van der Waals surface area contributed by atoms with E-state index in [4.69, 9.17) is 0 Å². The molecule has 1 N–H and O–H groups in total. The topological polar surface area (TPSA) is 52.7 Å². The lowest BCUT2D eigenvalue weighted by Crippen LogP contribution is -2.60. The Labute approximate surface area is 119 Å². The average Bonchev–Trinajstić information content (AvgIpc) is 2.42. The van der Waals surface area contributed by atoms with Crippen molar-refractivity contribution in [1.82, 2.24) is 10.2 Å². The van der Waals surface area contributed by atoms with Crippen LogP contribution >= 0.6 is 0 Å². The Morgan fingerprint density at radius 3 is 2.50 bits per heavy atom. The fourth-order valence-electron chi connectivity index (χ4n) is 2.34. The van der Waals surface area contributed by atoms with Crippen LogP contribution in [0.3, 0.4) is 0 Å². The number of urea groups is 1. The molecule has 3 amide bonds. The third kappa shape index (κ3) is 2.92. The van der Waals surface area contributed by atoms with E-state index in [9.17, 15) is 9.59 Å². The molecular weight excluding hydrogens is 254 g/mol. The molecule has 0 aromatic heterocycles. The third-order valence-corrected chi connectivity index (χ3v) is 3.40. The highest BCUT2D eigenvalue weighted by Crippen LogP contribution is 2.20. The highest BCUT2D eigenvalue weighted by molar-refractivity contribution is 5.99. The number of carbonyl (C=O) groups is 2. The van der Waals surface area contributed by atoms with Crippen LogP contribution in [-0.4, -0.2) is 42.0 Å². The average molecular weight is 275 g/mol. The highest BCUT2D eigenvalue weighted by atomic mass is 16.2. The number of rotatable bonds is 2. The number of carbonyl (C=O) groups excluding carboxylic acids is 2. The summed E-state index contributed by atoms with van der Waals surface area (Å²) in [7, 11) is 0. The van der Waals surface area contributed by atoms with Crippen molar-refractivity contribution in [3.63, 3.8) is 0 Å². The van der Waals surface area contributed by atoms with Crippen LogP contribution in [0.15, 0.2) is 30.3 Å². The molecule has 5 nitrogen and oxygen atoms in total. The number of nitrogens with one attached hydrogen (secondary N) is 1. The van der Waals surface area contributed by atoms with Crippen molar-refractivity contribution in [2.45, 2.75) is 32.9 Å². The first-order chi connectivity index (χ1) is 9.50. The van der Waals surface area contributed by atoms with Crippen molar-refractivity contribution in [2.75, 3.05) is 18.0 Å². The molecule has 0 spiro atoms. The standard InChI is InChI=1S/C15H21N3O2/c1-11(2)16-15(20)17-9-10-18(14(19)12(17)3)13-7-5-4-6-8-13/h4-8,11-12H,9-10H2,1-3H3,(H,16,20). The summed E-state index contributed by atoms with van der Waals surface area (Å²) in [5.74, 6) is -0.0404. The quantitative estimate of drug-likeness (QED) is 0.895. The molecule has 1 aliphatic rings. The molecular formula is C15H21N3O2. The van der Waals surface area contributed by atoms with E-state index >= 15 is 0 Å². The predicted octanol–water partition coefficient (Wildman–Crippen LogP) is 1.84. The normalized spacial score (nSPS) is 19.4. The van der Waals surface area contributed by atoms with Gasteiger partial charge in [-0.25, -0.2) is 4.79 Å². The number of hydrogen-bond donors (Lipinski definition) is 1. The number of benzene rings is 1. The lowest BCUT2D eigenvalue weighted by molar-refractivity contribution is -0.124. The summed E-state index contributed by atoms with van der Waals surface area (Å²) >= 11 is 0. The molecule has 5 heteroatoms. The van der Waals surface area contributed by atoms with Crippen molar-refractivity contribution in [1.29, 1.82) is 0 Å². The highest BCUT2D eigenvalue weighted by Gasteiger charge is 2.34. The second kappa shape index (κ2) is 5.94. The van der Waals surface area contributed by atoms with E-state index in [1.54, 1.807) is 16.7 Å². The van der Waals surface area contributed by atoms with Gasteiger partial charge in [-0.1, -0.05) is 18.2 Å². The molecule has 0 bridgehead atoms. The van der Waals surface area contributed by atoms with Crippen LogP contribution in [-0.2, 0) is 4.79 Å². The first-order valence-corrected chi connectivity index (χ1v) is 6.94. The Bertz CT molecular complexity index is 487. The number of amides is 3. The number of anilines is 1. The lowest BCUT2D eigenvalue weighted by Gasteiger charge is -2.39. The van der Waals surface area contributed by atoms with Gasteiger partial charge in [-0.3, -0.25) is 4.79 Å². The molecule has 0 radical (unpaired) electrons. The number of para-hydroxylation sites is 1. The van der Waals surface area contributed by atoms with E-state index in [2.05, 4.69) is 5.32 Å². The molecule has 1 aliphatic heterocycles. The van der Waals surface area contributed by atoms with Gasteiger partial charge in [-0.05, 0) is 32.9 Å². The van der Waals surface area contributed by atoms with Crippen LogP contribution in [0.2, 0.25) is 0 Å². The van der Waals surface area contributed by atoms with Crippen molar-refractivity contribution in [3.05, 3.63) is 30.3 Å². The number of hydrogen-bond acceptors (Lipinski definition) is 2. The van der Waals surface area contributed by atoms with Crippen molar-refractivity contribution in [2.24, 2.45) is 0 Å². The maximum Gasteiger partial charge on any atom is 0.318 e. The smallest absolute Gasteiger partial charge is 0.318 e. The zero-order chi connectivity index (χ0) is 14.7. The van der Waals surface area contributed by atoms with Crippen molar-refractivity contribution in [3.8, 4) is 0 Å². The number of nitrogens with zero attached hydrogens (tertiary/aromatic N) is 2. The monoisotopic (exact) mass is 275 g/mol. The van der Waals surface area contributed by atoms with Crippen LogP contribution in [0, 0.1) is 0 Å². The van der Waals surface area contributed by atoms with Crippen LogP contribution in [0.25, 0.3) is 0 Å². The van der Waals surface area contributed by atoms with Gasteiger partial charge >= 0.3 is 6.03 Å². The van der Waals surface area contributed by atoms with E-state index in [1.807, 2.05) is 44.2 Å². The third-order valence-electron chi connectivity index (χ3n) is 3.40. The lowest BCUT2D eigenvalue weighted by atomic mass is 10.1. The van der Waals surface area contributed by atoms with E-state index in [0.29, 0.717) is 13.1 Å². The van der Waals surface area contributed by atoms with Gasteiger partial charge in [0.1, 0.15) is 6.04 Å². The molecule has 1 fully saturated rings. The van der Waals surface area contributed by atoms with Crippen LogP contribution in [0.1, 0.15) is 20.8 Å². The minimum absolute atomic E-state index is 0.0404. The molecule has 0 saturated carbocycles. The summed E-state index contributed by atoms with van der Waals surface area (Å²) in [6, 6.07) is 9.01. The summed E-state index contributed by atoms with van der Waals surface area (Å²) < 4.78 is 0. The van der Waals surface area contributed by atoms with Gasteiger partial charge in [0.15, 0.2) is 0 Å². The van der Waals surface area contributed by atoms with E-state index in [0.717, 1.165) is 5.69 Å². The molecule has 1 saturated heterocycles. The zero-order valence-corrected chi connectivity index (χ0v) is 12.2. The zero-order valence-electron chi connectivity index (χ0n) is 12.2. The Hall–Kier alpha value is -2.04. The Morgan fingerprint density at radius 1 is 1.25 bits per heavy atom. The van der Waals surface area contributed by atoms with Gasteiger partial charge in [-0.15, -0.1) is 0 Å². The van der Waals surface area contributed by atoms with Gasteiger partial charge in [0.2, 0.25) is 5.91 Å². The molecule has 1 aromatic carbocycles. The van der Waals surface area contributed by atoms with E-state index in [1.165, 1.54) is 0 Å². The van der Waals surface area contributed by atoms with Gasteiger partial charge in [-0.2, -0.15) is 0 Å². The first kappa shape index (κ1) is 14.4. The summed E-state index contributed by atoms with van der Waals surface area (Å²) in [5.41, 5.74) is 0.883. The van der Waals surface area contributed by atoms with Crippen molar-refractivity contribution < 1.29 is 9.59 Å². The summed E-state index contributed by atoms with van der Waals surface area (Å²) in [6.07, 6.45) is 0. The van der Waals surface area contributed by atoms with E-state index < -0.39 is 6.04 Å². The van der Waals surface area contributed by atoms with E-state index in [-0.39, 0.29) is 18.0 Å². The van der Waals surface area contributed by atoms with Gasteiger partial charge < -0.3 is 15.1 Å². The Kier molecular flexibility index (Phi) is 4.27. The minimum atomic E-state index is -0.442. The molecule has 20 heavy (non-hydrogen) atoms. The van der Waals surface area contributed by atoms with Crippen LogP contribution in [0.5, 0.6) is 0 Å². The fraction of sp³-hybridized carbons (Fsp3) is 0.467. The maximum absolute atomic E-state index is 12.4. The molecule has 2 rings (SSSR count). The molecule has 1 heterocycles. The van der Waals surface area contributed by atoms with Gasteiger partial charge in [0, 0.05) is 24.8 Å². The Balaban J connectivity index is 2.09. The van der Waals surface area contributed by atoms with Gasteiger partial charge in [0.25, 0.3) is 0 Å². The minimum Gasteiger partial charge on any atom is -0.336 e. The van der Waals surface area contributed by atoms with Crippen molar-refractivity contribution >= 4 is 17.6 Å². The first-order valence-electron chi connectivity index (χ1n) is 6.94. The van der Waals surface area contributed by atoms with Gasteiger partial charge in [0.05, 0.1) is 0 Å². The summed E-state index contributed by atoms with van der Waals surface area (Å²) in [4.78, 5) is 27.8. The fourth-order valence-corrected chi connectivity index (χ4v) is 2.34. The molecule has 108 valence electrons. The van der Waals surface area contributed by atoms with Crippen LogP contribution in [0.4, 0.5) is 10.5 Å². The summed E-state index contributed by atoms with van der Waals surface area (Å²) in [5, 5.41) is 2.83. The largest absolute Gasteiger partial charge is 0.336 e. The molecule has 1 aromatic rings. The second-order valence-corrected chi connectivity index (χ2v) is 5.30. The molecule has 1 atom stereocenters. The SMILES string of the molecule is CC(C)NC(=O)N1CCN(c2ccccc2)C(=O)C1C. The second-order valence-electron chi connectivity index (χ2n) is 5.30. The van der Waals surface area contributed by atoms with Crippen LogP contribution < -0.4 is 10.2 Å².